The van der Waals surface area contributed by atoms with E-state index in [1.807, 2.05) is 0 Å². The van der Waals surface area contributed by atoms with Crippen molar-refractivity contribution in [3.8, 4) is 22.4 Å². The van der Waals surface area contributed by atoms with Crippen LogP contribution in [0.25, 0.3) is 22.4 Å². The SMILES string of the molecule is CC(C)C(=O)Nc1onc(-c2ccccc2)c1-c1ccc(C(O)(C(F)(F)F)C(F)(F)F)cc1. The van der Waals surface area contributed by atoms with Gasteiger partial charge in [0.1, 0.15) is 5.69 Å². The van der Waals surface area contributed by atoms with Gasteiger partial charge in [0, 0.05) is 17.0 Å². The molecule has 0 radical (unpaired) electrons. The number of carbonyl (C=O) groups excluding carboxylic acids is 1. The number of halogens is 6. The zero-order valence-corrected chi connectivity index (χ0v) is 17.3. The Morgan fingerprint density at radius 1 is 0.909 bits per heavy atom. The Bertz CT molecular complexity index is 1110. The van der Waals surface area contributed by atoms with E-state index in [2.05, 4.69) is 10.5 Å². The molecule has 1 heterocycles. The van der Waals surface area contributed by atoms with Crippen molar-refractivity contribution in [1.29, 1.82) is 0 Å². The minimum Gasteiger partial charge on any atom is -0.369 e. The van der Waals surface area contributed by atoms with Crippen LogP contribution in [0.2, 0.25) is 0 Å². The van der Waals surface area contributed by atoms with Crippen molar-refractivity contribution in [2.75, 3.05) is 5.32 Å². The van der Waals surface area contributed by atoms with E-state index in [1.165, 1.54) is 0 Å². The number of rotatable bonds is 5. The highest BCUT2D eigenvalue weighted by atomic mass is 19.4. The fraction of sp³-hybridized carbons (Fsp3) is 0.273. The molecule has 1 aromatic heterocycles. The van der Waals surface area contributed by atoms with Gasteiger partial charge in [-0.2, -0.15) is 26.3 Å². The third kappa shape index (κ3) is 4.45. The van der Waals surface area contributed by atoms with Gasteiger partial charge in [-0.05, 0) is 5.56 Å². The summed E-state index contributed by atoms with van der Waals surface area (Å²) in [5.74, 6) is -1.01. The molecule has 0 saturated heterocycles. The zero-order valence-electron chi connectivity index (χ0n) is 17.3. The van der Waals surface area contributed by atoms with Crippen LogP contribution < -0.4 is 5.32 Å². The number of benzene rings is 2. The van der Waals surface area contributed by atoms with Gasteiger partial charge >= 0.3 is 12.4 Å². The van der Waals surface area contributed by atoms with Crippen molar-refractivity contribution in [3.05, 3.63) is 60.2 Å². The predicted octanol–water partition coefficient (Wildman–Crippen LogP) is 5.92. The molecule has 0 spiro atoms. The number of hydrogen-bond acceptors (Lipinski definition) is 4. The number of hydrogen-bond donors (Lipinski definition) is 2. The number of carbonyl (C=O) groups is 1. The monoisotopic (exact) mass is 472 g/mol. The predicted molar refractivity (Wildman–Crippen MR) is 107 cm³/mol. The van der Waals surface area contributed by atoms with Gasteiger partial charge in [0.15, 0.2) is 0 Å². The van der Waals surface area contributed by atoms with Crippen LogP contribution in [-0.2, 0) is 10.4 Å². The summed E-state index contributed by atoms with van der Waals surface area (Å²) >= 11 is 0. The zero-order chi connectivity index (χ0) is 24.6. The number of nitrogens with one attached hydrogen (secondary N) is 1. The molecule has 0 aliphatic heterocycles. The number of aromatic nitrogens is 1. The van der Waals surface area contributed by atoms with E-state index >= 15 is 0 Å². The number of aliphatic hydroxyl groups is 1. The molecule has 5 nitrogen and oxygen atoms in total. The lowest BCUT2D eigenvalue weighted by molar-refractivity contribution is -0.376. The van der Waals surface area contributed by atoms with Crippen LogP contribution in [0.5, 0.6) is 0 Å². The summed E-state index contributed by atoms with van der Waals surface area (Å²) in [5.41, 5.74) is -5.44. The van der Waals surface area contributed by atoms with Crippen LogP contribution in [0.3, 0.4) is 0 Å². The molecule has 0 aliphatic carbocycles. The summed E-state index contributed by atoms with van der Waals surface area (Å²) < 4.78 is 84.4. The van der Waals surface area contributed by atoms with E-state index in [0.29, 0.717) is 17.7 Å². The van der Waals surface area contributed by atoms with Crippen LogP contribution in [-0.4, -0.2) is 28.5 Å². The molecule has 3 aromatic rings. The van der Waals surface area contributed by atoms with Crippen LogP contribution in [0.4, 0.5) is 32.2 Å². The molecule has 2 N–H and O–H groups in total. The second-order valence-corrected chi connectivity index (χ2v) is 7.53. The fourth-order valence-electron chi connectivity index (χ4n) is 3.06. The van der Waals surface area contributed by atoms with Crippen molar-refractivity contribution >= 4 is 11.8 Å². The van der Waals surface area contributed by atoms with E-state index in [-0.39, 0.29) is 22.7 Å². The van der Waals surface area contributed by atoms with Crippen LogP contribution in [0.1, 0.15) is 19.4 Å². The Hall–Kier alpha value is -3.34. The Morgan fingerprint density at radius 2 is 1.45 bits per heavy atom. The normalized spacial score (nSPS) is 12.8. The topological polar surface area (TPSA) is 75.4 Å². The van der Waals surface area contributed by atoms with Crippen LogP contribution in [0.15, 0.2) is 59.1 Å². The third-order valence-corrected chi connectivity index (χ3v) is 4.91. The first-order valence-electron chi connectivity index (χ1n) is 9.60. The molecule has 0 saturated carbocycles. The van der Waals surface area contributed by atoms with Gasteiger partial charge in [-0.3, -0.25) is 10.1 Å². The molecule has 0 bridgehead atoms. The Kier molecular flexibility index (Phi) is 6.29. The van der Waals surface area contributed by atoms with Crippen molar-refractivity contribution < 1.29 is 40.8 Å². The summed E-state index contributed by atoms with van der Waals surface area (Å²) in [4.78, 5) is 12.2. The first kappa shape index (κ1) is 24.3. The molecule has 0 unspecified atom stereocenters. The molecule has 1 amide bonds. The first-order valence-corrected chi connectivity index (χ1v) is 9.60. The molecular weight excluding hydrogens is 454 g/mol. The maximum Gasteiger partial charge on any atom is 0.430 e. The van der Waals surface area contributed by atoms with Gasteiger partial charge in [-0.1, -0.05) is 73.6 Å². The molecule has 2 aromatic carbocycles. The largest absolute Gasteiger partial charge is 0.430 e. The minimum atomic E-state index is -6.00. The van der Waals surface area contributed by atoms with Crippen LogP contribution >= 0.6 is 0 Å². The number of amides is 1. The summed E-state index contributed by atoms with van der Waals surface area (Å²) in [5, 5.41) is 16.0. The second kappa shape index (κ2) is 8.54. The highest BCUT2D eigenvalue weighted by molar-refractivity contribution is 5.97. The number of nitrogens with zero attached hydrogens (tertiary/aromatic N) is 1. The van der Waals surface area contributed by atoms with E-state index < -0.39 is 35.3 Å². The van der Waals surface area contributed by atoms with E-state index in [1.54, 1.807) is 44.2 Å². The molecule has 0 aliphatic rings. The average Bonchev–Trinajstić information content (AvgIpc) is 3.15. The van der Waals surface area contributed by atoms with Crippen molar-refractivity contribution in [3.63, 3.8) is 0 Å². The Balaban J connectivity index is 2.14. The van der Waals surface area contributed by atoms with E-state index in [4.69, 9.17) is 4.52 Å². The molecule has 0 atom stereocenters. The quantitative estimate of drug-likeness (QED) is 0.453. The number of anilines is 1. The first-order chi connectivity index (χ1) is 15.3. The van der Waals surface area contributed by atoms with E-state index in [9.17, 15) is 36.2 Å². The fourth-order valence-corrected chi connectivity index (χ4v) is 3.06. The van der Waals surface area contributed by atoms with Gasteiger partial charge < -0.3 is 9.63 Å². The molecule has 176 valence electrons. The minimum absolute atomic E-state index is 0.115. The second-order valence-electron chi connectivity index (χ2n) is 7.53. The van der Waals surface area contributed by atoms with Crippen molar-refractivity contribution in [1.82, 2.24) is 5.16 Å². The molecule has 3 rings (SSSR count). The lowest BCUT2D eigenvalue weighted by atomic mass is 9.90. The van der Waals surface area contributed by atoms with Gasteiger partial charge in [-0.15, -0.1) is 0 Å². The van der Waals surface area contributed by atoms with Crippen molar-refractivity contribution in [2.45, 2.75) is 31.8 Å². The molecule has 11 heteroatoms. The Morgan fingerprint density at radius 3 is 1.94 bits per heavy atom. The lowest BCUT2D eigenvalue weighted by Gasteiger charge is -2.32. The lowest BCUT2D eigenvalue weighted by Crippen LogP contribution is -2.53. The highest BCUT2D eigenvalue weighted by Crippen LogP contribution is 2.50. The summed E-state index contributed by atoms with van der Waals surface area (Å²) in [6.07, 6.45) is -12.0. The van der Waals surface area contributed by atoms with E-state index in [0.717, 1.165) is 12.1 Å². The summed E-state index contributed by atoms with van der Waals surface area (Å²) in [6, 6.07) is 11.4. The molecule has 33 heavy (non-hydrogen) atoms. The molecule has 0 fully saturated rings. The van der Waals surface area contributed by atoms with Crippen molar-refractivity contribution in [2.24, 2.45) is 5.92 Å². The maximum atomic E-state index is 13.2. The van der Waals surface area contributed by atoms with Gasteiger partial charge in [0.05, 0.1) is 5.56 Å². The van der Waals surface area contributed by atoms with Gasteiger partial charge in [0.2, 0.25) is 11.8 Å². The van der Waals surface area contributed by atoms with Gasteiger partial charge in [-0.25, -0.2) is 0 Å². The van der Waals surface area contributed by atoms with Gasteiger partial charge in [0.25, 0.3) is 5.60 Å². The molecular formula is C22H18F6N2O3. The standard InChI is InChI=1S/C22H18F6N2O3/c1-12(2)18(31)29-19-16(17(30-33-19)14-6-4-3-5-7-14)13-8-10-15(11-9-13)20(32,21(23,24)25)22(26,27)28/h3-12,32H,1-2H3,(H,29,31). The summed E-state index contributed by atoms with van der Waals surface area (Å²) in [7, 11) is 0. The third-order valence-electron chi connectivity index (χ3n) is 4.91. The Labute approximate surface area is 184 Å². The average molecular weight is 472 g/mol. The smallest absolute Gasteiger partial charge is 0.369 e. The maximum absolute atomic E-state index is 13.2. The van der Waals surface area contributed by atoms with Crippen LogP contribution in [0, 0.1) is 5.92 Å². The summed E-state index contributed by atoms with van der Waals surface area (Å²) in [6.45, 7) is 3.24. The number of alkyl halides is 6. The highest BCUT2D eigenvalue weighted by Gasteiger charge is 2.71.